The van der Waals surface area contributed by atoms with Gasteiger partial charge in [-0.2, -0.15) is 0 Å². The molecule has 2 aromatic carbocycles. The molecule has 0 bridgehead atoms. The van der Waals surface area contributed by atoms with E-state index in [1.165, 1.54) is 13.2 Å². The van der Waals surface area contributed by atoms with Crippen molar-refractivity contribution in [3.8, 4) is 5.75 Å². The lowest BCUT2D eigenvalue weighted by Crippen LogP contribution is -2.19. The topological polar surface area (TPSA) is 107 Å². The molecular formula is C15H15N3O3. The number of ether oxygens (including phenoxy) is 1. The van der Waals surface area contributed by atoms with Crippen LogP contribution in [0.4, 0.5) is 11.4 Å². The summed E-state index contributed by atoms with van der Waals surface area (Å²) in [6.07, 6.45) is 0. The van der Waals surface area contributed by atoms with Gasteiger partial charge in [0.25, 0.3) is 11.8 Å². The quantitative estimate of drug-likeness (QED) is 0.742. The van der Waals surface area contributed by atoms with E-state index in [1.807, 2.05) is 0 Å². The first-order valence-corrected chi connectivity index (χ1v) is 6.17. The molecule has 2 amide bonds. The van der Waals surface area contributed by atoms with Gasteiger partial charge in [-0.15, -0.1) is 0 Å². The highest BCUT2D eigenvalue weighted by molar-refractivity contribution is 6.12. The van der Waals surface area contributed by atoms with Crippen LogP contribution in [0.3, 0.4) is 0 Å². The van der Waals surface area contributed by atoms with Crippen molar-refractivity contribution in [1.29, 1.82) is 0 Å². The smallest absolute Gasteiger partial charge is 0.261 e. The standard InChI is InChI=1S/C15H15N3O3/c1-21-12-8-4-6-10(16)13(12)15(20)18-11-7-3-2-5-9(11)14(17)19/h2-8H,16H2,1H3,(H2,17,19)(H,18,20). The first-order valence-electron chi connectivity index (χ1n) is 6.17. The average molecular weight is 285 g/mol. The van der Waals surface area contributed by atoms with Crippen LogP contribution in [0.5, 0.6) is 5.75 Å². The molecule has 0 heterocycles. The van der Waals surface area contributed by atoms with Gasteiger partial charge < -0.3 is 21.5 Å². The highest BCUT2D eigenvalue weighted by Crippen LogP contribution is 2.26. The maximum atomic E-state index is 12.4. The fourth-order valence-electron chi connectivity index (χ4n) is 1.95. The molecule has 108 valence electrons. The summed E-state index contributed by atoms with van der Waals surface area (Å²) in [5, 5.41) is 2.62. The van der Waals surface area contributed by atoms with Gasteiger partial charge in [-0.05, 0) is 24.3 Å². The van der Waals surface area contributed by atoms with Crippen LogP contribution in [0.2, 0.25) is 0 Å². The molecule has 0 atom stereocenters. The molecule has 0 aliphatic carbocycles. The summed E-state index contributed by atoms with van der Waals surface area (Å²) in [6, 6.07) is 11.4. The zero-order valence-electron chi connectivity index (χ0n) is 11.4. The van der Waals surface area contributed by atoms with Crippen LogP contribution < -0.4 is 21.5 Å². The van der Waals surface area contributed by atoms with E-state index in [9.17, 15) is 9.59 Å². The summed E-state index contributed by atoms with van der Waals surface area (Å²) in [6.45, 7) is 0. The first-order chi connectivity index (χ1) is 10.0. The zero-order valence-corrected chi connectivity index (χ0v) is 11.4. The third-order valence-corrected chi connectivity index (χ3v) is 2.95. The second-order valence-corrected chi connectivity index (χ2v) is 4.29. The molecular weight excluding hydrogens is 270 g/mol. The van der Waals surface area contributed by atoms with Crippen molar-refractivity contribution in [2.45, 2.75) is 0 Å². The number of carbonyl (C=O) groups excluding carboxylic acids is 2. The Kier molecular flexibility index (Phi) is 4.08. The molecule has 6 heteroatoms. The number of anilines is 2. The SMILES string of the molecule is COc1cccc(N)c1C(=O)Nc1ccccc1C(N)=O. The Hall–Kier alpha value is -3.02. The number of rotatable bonds is 4. The molecule has 0 aromatic heterocycles. The van der Waals surface area contributed by atoms with Gasteiger partial charge in [0, 0.05) is 5.69 Å². The van der Waals surface area contributed by atoms with Gasteiger partial charge in [0.15, 0.2) is 0 Å². The number of nitrogen functional groups attached to an aromatic ring is 1. The molecule has 5 N–H and O–H groups in total. The van der Waals surface area contributed by atoms with Gasteiger partial charge in [-0.1, -0.05) is 18.2 Å². The fraction of sp³-hybridized carbons (Fsp3) is 0.0667. The summed E-state index contributed by atoms with van der Waals surface area (Å²) in [5.74, 6) is -0.749. The van der Waals surface area contributed by atoms with Crippen molar-refractivity contribution in [2.75, 3.05) is 18.2 Å². The van der Waals surface area contributed by atoms with Crippen molar-refractivity contribution in [3.63, 3.8) is 0 Å². The van der Waals surface area contributed by atoms with Crippen molar-refractivity contribution >= 4 is 23.2 Å². The third kappa shape index (κ3) is 2.94. The largest absolute Gasteiger partial charge is 0.496 e. The van der Waals surface area contributed by atoms with Crippen molar-refractivity contribution in [2.24, 2.45) is 5.73 Å². The maximum absolute atomic E-state index is 12.4. The highest BCUT2D eigenvalue weighted by atomic mass is 16.5. The molecule has 0 spiro atoms. The Morgan fingerprint density at radius 1 is 1.10 bits per heavy atom. The van der Waals surface area contributed by atoms with E-state index in [1.54, 1.807) is 36.4 Å². The van der Waals surface area contributed by atoms with Crippen molar-refractivity contribution in [1.82, 2.24) is 0 Å². The summed E-state index contributed by atoms with van der Waals surface area (Å²) in [5.41, 5.74) is 12.1. The Bertz CT molecular complexity index is 698. The predicted molar refractivity (Wildman–Crippen MR) is 80.3 cm³/mol. The van der Waals surface area contributed by atoms with E-state index < -0.39 is 11.8 Å². The van der Waals surface area contributed by atoms with Crippen LogP contribution in [0, 0.1) is 0 Å². The van der Waals surface area contributed by atoms with Gasteiger partial charge in [-0.25, -0.2) is 0 Å². The predicted octanol–water partition coefficient (Wildman–Crippen LogP) is 1.63. The Morgan fingerprint density at radius 3 is 2.48 bits per heavy atom. The zero-order chi connectivity index (χ0) is 15.4. The lowest BCUT2D eigenvalue weighted by molar-refractivity contribution is 0.100. The first kappa shape index (κ1) is 14.4. The number of hydrogen-bond donors (Lipinski definition) is 3. The number of hydrogen-bond acceptors (Lipinski definition) is 4. The van der Waals surface area contributed by atoms with Crippen LogP contribution >= 0.6 is 0 Å². The van der Waals surface area contributed by atoms with Crippen LogP contribution in [0.1, 0.15) is 20.7 Å². The number of amides is 2. The van der Waals surface area contributed by atoms with Gasteiger partial charge in [0.2, 0.25) is 0 Å². The Balaban J connectivity index is 2.38. The number of primary amides is 1. The molecule has 0 aliphatic rings. The number of methoxy groups -OCH3 is 1. The van der Waals surface area contributed by atoms with Gasteiger partial charge in [0.1, 0.15) is 11.3 Å². The number of carbonyl (C=O) groups is 2. The number of nitrogens with one attached hydrogen (secondary N) is 1. The summed E-state index contributed by atoms with van der Waals surface area (Å²) in [7, 11) is 1.45. The maximum Gasteiger partial charge on any atom is 0.261 e. The van der Waals surface area contributed by atoms with Crippen LogP contribution in [-0.2, 0) is 0 Å². The average Bonchev–Trinajstić information content (AvgIpc) is 2.47. The summed E-state index contributed by atoms with van der Waals surface area (Å²) in [4.78, 5) is 23.7. The molecule has 0 aliphatic heterocycles. The molecule has 21 heavy (non-hydrogen) atoms. The van der Waals surface area contributed by atoms with Crippen molar-refractivity contribution < 1.29 is 14.3 Å². The second-order valence-electron chi connectivity index (χ2n) is 4.29. The minimum Gasteiger partial charge on any atom is -0.496 e. The van der Waals surface area contributed by atoms with Crippen LogP contribution in [0.25, 0.3) is 0 Å². The van der Waals surface area contributed by atoms with Crippen molar-refractivity contribution in [3.05, 3.63) is 53.6 Å². The van der Waals surface area contributed by atoms with Gasteiger partial charge >= 0.3 is 0 Å². The minimum atomic E-state index is -0.626. The van der Waals surface area contributed by atoms with E-state index >= 15 is 0 Å². The molecule has 0 saturated carbocycles. The lowest BCUT2D eigenvalue weighted by atomic mass is 10.1. The lowest BCUT2D eigenvalue weighted by Gasteiger charge is -2.13. The molecule has 6 nitrogen and oxygen atoms in total. The minimum absolute atomic E-state index is 0.208. The molecule has 2 rings (SSSR count). The van der Waals surface area contributed by atoms with E-state index in [2.05, 4.69) is 5.32 Å². The van der Waals surface area contributed by atoms with E-state index in [4.69, 9.17) is 16.2 Å². The van der Waals surface area contributed by atoms with Gasteiger partial charge in [0.05, 0.1) is 18.4 Å². The third-order valence-electron chi connectivity index (χ3n) is 2.95. The monoisotopic (exact) mass is 285 g/mol. The van der Waals surface area contributed by atoms with E-state index in [-0.39, 0.29) is 16.8 Å². The van der Waals surface area contributed by atoms with E-state index in [0.29, 0.717) is 11.4 Å². The molecule has 0 fully saturated rings. The summed E-state index contributed by atoms with van der Waals surface area (Å²) < 4.78 is 5.13. The second kappa shape index (κ2) is 5.96. The number of benzene rings is 2. The molecule has 0 radical (unpaired) electrons. The fourth-order valence-corrected chi connectivity index (χ4v) is 1.95. The van der Waals surface area contributed by atoms with Gasteiger partial charge in [-0.3, -0.25) is 9.59 Å². The normalized spacial score (nSPS) is 9.95. The highest BCUT2D eigenvalue weighted by Gasteiger charge is 2.17. The van der Waals surface area contributed by atoms with E-state index in [0.717, 1.165) is 0 Å². The number of para-hydroxylation sites is 1. The molecule has 0 unspecified atom stereocenters. The molecule has 2 aromatic rings. The molecule has 0 saturated heterocycles. The van der Waals surface area contributed by atoms with Crippen LogP contribution in [-0.4, -0.2) is 18.9 Å². The summed E-state index contributed by atoms with van der Waals surface area (Å²) >= 11 is 0. The Labute approximate surface area is 121 Å². The number of nitrogens with two attached hydrogens (primary N) is 2. The van der Waals surface area contributed by atoms with Crippen LogP contribution in [0.15, 0.2) is 42.5 Å². The Morgan fingerprint density at radius 2 is 1.81 bits per heavy atom.